The van der Waals surface area contributed by atoms with Crippen molar-refractivity contribution in [3.05, 3.63) is 76.9 Å². The number of benzene rings is 2. The Balaban J connectivity index is 1.62. The third-order valence-electron chi connectivity index (χ3n) is 3.77. The quantitative estimate of drug-likeness (QED) is 0.445. The smallest absolute Gasteiger partial charge is 0.262 e. The molecule has 0 fully saturated rings. The van der Waals surface area contributed by atoms with Crippen LogP contribution in [-0.2, 0) is 10.0 Å². The Morgan fingerprint density at radius 3 is 2.11 bits per heavy atom. The Bertz CT molecular complexity index is 1030. The van der Waals surface area contributed by atoms with Gasteiger partial charge in [-0.2, -0.15) is 0 Å². The number of sulfonamides is 1. The molecule has 0 spiro atoms. The summed E-state index contributed by atoms with van der Waals surface area (Å²) in [7, 11) is -3.75. The van der Waals surface area contributed by atoms with Crippen molar-refractivity contribution >= 4 is 50.4 Å². The summed E-state index contributed by atoms with van der Waals surface area (Å²) in [6.45, 7) is 1.15. The summed E-state index contributed by atoms with van der Waals surface area (Å²) in [5, 5.41) is 7.52. The van der Waals surface area contributed by atoms with Crippen molar-refractivity contribution < 1.29 is 8.42 Å². The van der Waals surface area contributed by atoms with Gasteiger partial charge in [-0.1, -0.05) is 23.2 Å². The third kappa shape index (κ3) is 5.51. The van der Waals surface area contributed by atoms with E-state index in [9.17, 15) is 8.42 Å². The number of hydrogen-bond acceptors (Lipinski definition) is 5. The number of nitrogens with one attached hydrogen (secondary N) is 3. The van der Waals surface area contributed by atoms with Crippen molar-refractivity contribution in [1.29, 1.82) is 0 Å². The molecule has 0 amide bonds. The van der Waals surface area contributed by atoms with Gasteiger partial charge in [-0.25, -0.2) is 13.4 Å². The largest absolute Gasteiger partial charge is 0.383 e. The molecule has 1 aromatic heterocycles. The molecule has 0 atom stereocenters. The van der Waals surface area contributed by atoms with Crippen molar-refractivity contribution in [2.45, 2.75) is 4.90 Å². The molecular weight excluding hydrogens is 419 g/mol. The van der Waals surface area contributed by atoms with Crippen LogP contribution >= 0.6 is 23.2 Å². The highest BCUT2D eigenvalue weighted by molar-refractivity contribution is 7.92. The lowest BCUT2D eigenvalue weighted by Crippen LogP contribution is -2.18. The molecule has 0 aliphatic rings. The van der Waals surface area contributed by atoms with E-state index in [0.29, 0.717) is 34.6 Å². The van der Waals surface area contributed by atoms with Gasteiger partial charge >= 0.3 is 0 Å². The van der Waals surface area contributed by atoms with Crippen molar-refractivity contribution in [2.24, 2.45) is 0 Å². The number of nitrogens with zero attached hydrogens (tertiary/aromatic N) is 1. The summed E-state index contributed by atoms with van der Waals surface area (Å²) < 4.78 is 27.7. The highest BCUT2D eigenvalue weighted by Crippen LogP contribution is 2.23. The molecule has 3 rings (SSSR count). The van der Waals surface area contributed by atoms with E-state index >= 15 is 0 Å². The first-order valence-electron chi connectivity index (χ1n) is 8.41. The van der Waals surface area contributed by atoms with Crippen LogP contribution in [0.25, 0.3) is 0 Å². The number of pyridine rings is 1. The summed E-state index contributed by atoms with van der Waals surface area (Å²) in [6, 6.07) is 16.6. The van der Waals surface area contributed by atoms with E-state index < -0.39 is 10.0 Å². The monoisotopic (exact) mass is 436 g/mol. The molecule has 0 aliphatic carbocycles. The van der Waals surface area contributed by atoms with Gasteiger partial charge in [0.05, 0.1) is 10.6 Å². The maximum Gasteiger partial charge on any atom is 0.262 e. The van der Waals surface area contributed by atoms with Crippen LogP contribution in [0.4, 0.5) is 17.2 Å². The van der Waals surface area contributed by atoms with Gasteiger partial charge in [-0.15, -0.1) is 0 Å². The fourth-order valence-corrected chi connectivity index (χ4v) is 3.72. The van der Waals surface area contributed by atoms with E-state index in [0.717, 1.165) is 5.69 Å². The minimum absolute atomic E-state index is 0.121. The van der Waals surface area contributed by atoms with Crippen molar-refractivity contribution in [2.75, 3.05) is 28.4 Å². The lowest BCUT2D eigenvalue weighted by molar-refractivity contribution is 0.601. The molecule has 0 bridgehead atoms. The van der Waals surface area contributed by atoms with Crippen molar-refractivity contribution in [3.8, 4) is 0 Å². The fourth-order valence-electron chi connectivity index (χ4n) is 2.40. The fraction of sp³-hybridized carbons (Fsp3) is 0.105. The van der Waals surface area contributed by atoms with Crippen LogP contribution in [0.15, 0.2) is 71.8 Å². The van der Waals surface area contributed by atoms with E-state index in [2.05, 4.69) is 20.3 Å². The molecule has 2 aromatic carbocycles. The van der Waals surface area contributed by atoms with Gasteiger partial charge in [-0.3, -0.25) is 4.72 Å². The molecule has 0 saturated heterocycles. The molecule has 28 heavy (non-hydrogen) atoms. The van der Waals surface area contributed by atoms with Crippen LogP contribution in [0, 0.1) is 0 Å². The predicted octanol–water partition coefficient (Wildman–Crippen LogP) is 4.71. The first-order valence-corrected chi connectivity index (χ1v) is 10.6. The van der Waals surface area contributed by atoms with E-state index in [1.807, 2.05) is 12.1 Å². The number of rotatable bonds is 8. The minimum atomic E-state index is -3.75. The summed E-state index contributed by atoms with van der Waals surface area (Å²) >= 11 is 11.7. The van der Waals surface area contributed by atoms with Crippen LogP contribution in [-0.4, -0.2) is 26.5 Å². The first-order chi connectivity index (χ1) is 13.4. The standard InChI is InChI=1S/C19H18Cl2N4O2S/c20-14-3-7-16(8-4-14)22-12-13-24-19-18(2-1-11-23-19)25-28(26,27)17-9-5-15(21)6-10-17/h1-11,22,25H,12-13H2,(H,23,24). The first kappa shape index (κ1) is 20.3. The van der Waals surface area contributed by atoms with Crippen LogP contribution in [0.5, 0.6) is 0 Å². The summed E-state index contributed by atoms with van der Waals surface area (Å²) in [6.07, 6.45) is 1.59. The maximum absolute atomic E-state index is 12.6. The van der Waals surface area contributed by atoms with Crippen LogP contribution in [0.2, 0.25) is 10.0 Å². The number of aromatic nitrogens is 1. The number of halogens is 2. The molecule has 3 aromatic rings. The van der Waals surface area contributed by atoms with E-state index in [4.69, 9.17) is 23.2 Å². The summed E-state index contributed by atoms with van der Waals surface area (Å²) in [5.74, 6) is 0.443. The Morgan fingerprint density at radius 1 is 0.821 bits per heavy atom. The Hall–Kier alpha value is -2.48. The highest BCUT2D eigenvalue weighted by atomic mass is 35.5. The Morgan fingerprint density at radius 2 is 1.43 bits per heavy atom. The predicted molar refractivity (Wildman–Crippen MR) is 115 cm³/mol. The van der Waals surface area contributed by atoms with Gasteiger partial charge in [0.25, 0.3) is 10.0 Å². The van der Waals surface area contributed by atoms with Gasteiger partial charge in [0.15, 0.2) is 0 Å². The molecule has 146 valence electrons. The number of anilines is 3. The molecule has 1 heterocycles. The van der Waals surface area contributed by atoms with Crippen molar-refractivity contribution in [1.82, 2.24) is 4.98 Å². The molecule has 6 nitrogen and oxygen atoms in total. The molecule has 0 radical (unpaired) electrons. The summed E-state index contributed by atoms with van der Waals surface area (Å²) in [5.41, 5.74) is 1.31. The molecule has 0 aliphatic heterocycles. The second-order valence-corrected chi connectivity index (χ2v) is 8.37. The SMILES string of the molecule is O=S(=O)(Nc1cccnc1NCCNc1ccc(Cl)cc1)c1ccc(Cl)cc1. The third-order valence-corrected chi connectivity index (χ3v) is 5.65. The summed E-state index contributed by atoms with van der Waals surface area (Å²) in [4.78, 5) is 4.34. The van der Waals surface area contributed by atoms with Crippen LogP contribution in [0.3, 0.4) is 0 Å². The van der Waals surface area contributed by atoms with E-state index in [-0.39, 0.29) is 4.90 Å². The topological polar surface area (TPSA) is 83.1 Å². The second kappa shape index (κ2) is 9.14. The Labute approximate surface area is 174 Å². The van der Waals surface area contributed by atoms with Crippen LogP contribution in [0.1, 0.15) is 0 Å². The zero-order valence-electron chi connectivity index (χ0n) is 14.7. The van der Waals surface area contributed by atoms with Crippen molar-refractivity contribution in [3.63, 3.8) is 0 Å². The van der Waals surface area contributed by atoms with Crippen LogP contribution < -0.4 is 15.4 Å². The molecule has 0 unspecified atom stereocenters. The van der Waals surface area contributed by atoms with Gasteiger partial charge in [-0.05, 0) is 60.7 Å². The van der Waals surface area contributed by atoms with E-state index in [1.165, 1.54) is 24.3 Å². The number of hydrogen-bond donors (Lipinski definition) is 3. The molecule has 3 N–H and O–H groups in total. The zero-order valence-corrected chi connectivity index (χ0v) is 17.0. The minimum Gasteiger partial charge on any atom is -0.383 e. The average Bonchev–Trinajstić information content (AvgIpc) is 2.68. The van der Waals surface area contributed by atoms with Gasteiger partial charge in [0.2, 0.25) is 0 Å². The Kier molecular flexibility index (Phi) is 6.61. The molecule has 9 heteroatoms. The lowest BCUT2D eigenvalue weighted by Gasteiger charge is -2.14. The molecular formula is C19H18Cl2N4O2S. The average molecular weight is 437 g/mol. The lowest BCUT2D eigenvalue weighted by atomic mass is 10.3. The maximum atomic E-state index is 12.6. The normalized spacial score (nSPS) is 11.1. The van der Waals surface area contributed by atoms with Gasteiger partial charge in [0, 0.05) is 35.0 Å². The highest BCUT2D eigenvalue weighted by Gasteiger charge is 2.16. The molecule has 0 saturated carbocycles. The zero-order chi connectivity index (χ0) is 20.0. The van der Waals surface area contributed by atoms with Gasteiger partial charge < -0.3 is 10.6 Å². The van der Waals surface area contributed by atoms with E-state index in [1.54, 1.807) is 30.5 Å². The second-order valence-electron chi connectivity index (χ2n) is 5.82. The van der Waals surface area contributed by atoms with Gasteiger partial charge in [0.1, 0.15) is 5.82 Å².